The van der Waals surface area contributed by atoms with E-state index in [-0.39, 0.29) is 24.2 Å². The maximum Gasteiger partial charge on any atom is 0.328 e. The number of methoxy groups -OCH3 is 1. The van der Waals surface area contributed by atoms with Gasteiger partial charge in [-0.25, -0.2) is 4.79 Å². The van der Waals surface area contributed by atoms with Crippen LogP contribution in [0.1, 0.15) is 24.1 Å². The maximum atomic E-state index is 13.1. The van der Waals surface area contributed by atoms with Gasteiger partial charge in [0.25, 0.3) is 0 Å². The third kappa shape index (κ3) is 7.12. The van der Waals surface area contributed by atoms with E-state index in [1.807, 2.05) is 54.8 Å². The molecule has 1 aliphatic heterocycles. The number of benzene rings is 2. The van der Waals surface area contributed by atoms with Crippen molar-refractivity contribution >= 4 is 69.7 Å². The zero-order valence-corrected chi connectivity index (χ0v) is 24.0. The number of esters is 1. The first-order valence-electron chi connectivity index (χ1n) is 12.5. The summed E-state index contributed by atoms with van der Waals surface area (Å²) in [6.07, 6.45) is 6.24. The molecule has 204 valence electrons. The number of para-hydroxylation sites is 1. The number of hydrogen-bond donors (Lipinski definition) is 1. The Morgan fingerprint density at radius 2 is 1.85 bits per heavy atom. The second-order valence-electron chi connectivity index (χ2n) is 9.20. The highest BCUT2D eigenvalue weighted by Crippen LogP contribution is 2.35. The quantitative estimate of drug-likeness (QED) is 0.216. The van der Waals surface area contributed by atoms with Crippen LogP contribution in [0.4, 0.5) is 0 Å². The van der Waals surface area contributed by atoms with Crippen molar-refractivity contribution in [1.82, 2.24) is 15.2 Å². The fourth-order valence-electron chi connectivity index (χ4n) is 4.52. The number of hydrogen-bond acceptors (Lipinski definition) is 6. The molecule has 0 spiro atoms. The van der Waals surface area contributed by atoms with Crippen LogP contribution in [0.15, 0.2) is 59.5 Å². The van der Waals surface area contributed by atoms with E-state index < -0.39 is 12.0 Å². The van der Waals surface area contributed by atoms with E-state index in [4.69, 9.17) is 27.9 Å². The maximum absolute atomic E-state index is 13.1. The number of likely N-dealkylation sites (tertiary alicyclic amines) is 1. The Hall–Kier alpha value is -3.07. The van der Waals surface area contributed by atoms with E-state index in [1.54, 1.807) is 11.0 Å². The highest BCUT2D eigenvalue weighted by Gasteiger charge is 2.30. The standard InChI is InChI=1S/C29H29Cl2N3O4S/c1-38-29(37)23(17-21-10-7-18-5-3-4-6-22(18)32-21)33-28(36)20-13-15-34(16-14-20)25(35)12-9-19-8-11-24(39-2)27(31)26(19)30/h3-12,20,23H,13-17H2,1-2H3,(H,33,36)/b12-9+/t23-/m0/s1. The molecule has 39 heavy (non-hydrogen) atoms. The lowest BCUT2D eigenvalue weighted by Gasteiger charge is -2.31. The van der Waals surface area contributed by atoms with Crippen molar-refractivity contribution in [3.63, 3.8) is 0 Å². The number of amides is 2. The van der Waals surface area contributed by atoms with E-state index in [0.717, 1.165) is 15.8 Å². The molecule has 2 amide bonds. The number of carbonyl (C=O) groups excluding carboxylic acids is 3. The molecule has 0 saturated carbocycles. The largest absolute Gasteiger partial charge is 0.467 e. The second-order valence-corrected chi connectivity index (χ2v) is 10.8. The van der Waals surface area contributed by atoms with Gasteiger partial charge in [-0.15, -0.1) is 11.8 Å². The summed E-state index contributed by atoms with van der Waals surface area (Å²) in [6.45, 7) is 0.854. The van der Waals surface area contributed by atoms with Crippen molar-refractivity contribution in [3.8, 4) is 0 Å². The van der Waals surface area contributed by atoms with E-state index in [2.05, 4.69) is 10.3 Å². The minimum atomic E-state index is -0.854. The van der Waals surface area contributed by atoms with Gasteiger partial charge < -0.3 is 15.0 Å². The number of nitrogens with zero attached hydrogens (tertiary/aromatic N) is 2. The summed E-state index contributed by atoms with van der Waals surface area (Å²) in [5.74, 6) is -1.24. The molecule has 1 fully saturated rings. The van der Waals surface area contributed by atoms with Gasteiger partial charge in [0.2, 0.25) is 11.8 Å². The number of ether oxygens (including phenoxy) is 1. The van der Waals surface area contributed by atoms with Gasteiger partial charge in [0.1, 0.15) is 6.04 Å². The molecule has 0 bridgehead atoms. The van der Waals surface area contributed by atoms with E-state index in [9.17, 15) is 14.4 Å². The van der Waals surface area contributed by atoms with Crippen molar-refractivity contribution in [3.05, 3.63) is 75.9 Å². The minimum absolute atomic E-state index is 0.162. The summed E-state index contributed by atoms with van der Waals surface area (Å²) in [5, 5.41) is 4.71. The molecule has 2 heterocycles. The first-order chi connectivity index (χ1) is 18.8. The lowest BCUT2D eigenvalue weighted by atomic mass is 9.95. The molecule has 7 nitrogen and oxygen atoms in total. The molecule has 10 heteroatoms. The molecular formula is C29H29Cl2N3O4S. The van der Waals surface area contributed by atoms with Gasteiger partial charge in [-0.2, -0.15) is 0 Å². The summed E-state index contributed by atoms with van der Waals surface area (Å²) < 4.78 is 4.94. The number of rotatable bonds is 8. The van der Waals surface area contributed by atoms with Gasteiger partial charge in [0.05, 0.1) is 22.7 Å². The second kappa shape index (κ2) is 13.3. The Balaban J connectivity index is 1.33. The summed E-state index contributed by atoms with van der Waals surface area (Å²) >= 11 is 14.1. The van der Waals surface area contributed by atoms with E-state index in [0.29, 0.717) is 47.2 Å². The third-order valence-corrected chi connectivity index (χ3v) is 8.54. The molecule has 3 aromatic rings. The zero-order chi connectivity index (χ0) is 27.9. The van der Waals surface area contributed by atoms with Gasteiger partial charge in [-0.3, -0.25) is 14.6 Å². The average molecular weight is 587 g/mol. The number of thioether (sulfide) groups is 1. The van der Waals surface area contributed by atoms with Crippen LogP contribution in [0.3, 0.4) is 0 Å². The van der Waals surface area contributed by atoms with E-state index in [1.165, 1.54) is 24.9 Å². The highest BCUT2D eigenvalue weighted by atomic mass is 35.5. The molecule has 1 atom stereocenters. The van der Waals surface area contributed by atoms with Crippen LogP contribution in [0, 0.1) is 5.92 Å². The molecular weight excluding hydrogens is 557 g/mol. The van der Waals surface area contributed by atoms with Crippen molar-refractivity contribution in [2.75, 3.05) is 26.5 Å². The molecule has 0 unspecified atom stereocenters. The number of nitrogens with one attached hydrogen (secondary N) is 1. The Kier molecular flexibility index (Phi) is 9.88. The highest BCUT2D eigenvalue weighted by molar-refractivity contribution is 7.98. The van der Waals surface area contributed by atoms with Crippen LogP contribution in [-0.2, 0) is 25.5 Å². The van der Waals surface area contributed by atoms with Gasteiger partial charge in [0, 0.05) is 47.5 Å². The SMILES string of the molecule is COC(=O)[C@H](Cc1ccc2ccccc2n1)NC(=O)C1CCN(C(=O)/C=C/c2ccc(SC)c(Cl)c2Cl)CC1. The minimum Gasteiger partial charge on any atom is -0.467 e. The van der Waals surface area contributed by atoms with Gasteiger partial charge in [-0.1, -0.05) is 53.5 Å². The first kappa shape index (κ1) is 28.9. The van der Waals surface area contributed by atoms with Crippen LogP contribution in [-0.4, -0.2) is 60.2 Å². The van der Waals surface area contributed by atoms with Crippen LogP contribution >= 0.6 is 35.0 Å². The van der Waals surface area contributed by atoms with E-state index >= 15 is 0 Å². The third-order valence-electron chi connectivity index (χ3n) is 6.75. The van der Waals surface area contributed by atoms with Crippen LogP contribution in [0.5, 0.6) is 0 Å². The Morgan fingerprint density at radius 1 is 1.10 bits per heavy atom. The molecule has 1 saturated heterocycles. The van der Waals surface area contributed by atoms with Gasteiger partial charge in [0.15, 0.2) is 0 Å². The van der Waals surface area contributed by atoms with Crippen molar-refractivity contribution in [2.24, 2.45) is 5.92 Å². The van der Waals surface area contributed by atoms with Crippen LogP contribution in [0.25, 0.3) is 17.0 Å². The zero-order valence-electron chi connectivity index (χ0n) is 21.7. The lowest BCUT2D eigenvalue weighted by molar-refractivity contribution is -0.145. The van der Waals surface area contributed by atoms with Gasteiger partial charge in [-0.05, 0) is 48.9 Å². The Morgan fingerprint density at radius 3 is 2.56 bits per heavy atom. The van der Waals surface area contributed by atoms with Crippen molar-refractivity contribution in [2.45, 2.75) is 30.2 Å². The van der Waals surface area contributed by atoms with Gasteiger partial charge >= 0.3 is 5.97 Å². The number of aromatic nitrogens is 1. The molecule has 0 radical (unpaired) electrons. The number of pyridine rings is 1. The monoisotopic (exact) mass is 585 g/mol. The number of carbonyl (C=O) groups is 3. The van der Waals surface area contributed by atoms with Crippen molar-refractivity contribution in [1.29, 1.82) is 0 Å². The predicted octanol–water partition coefficient (Wildman–Crippen LogP) is 5.42. The topological polar surface area (TPSA) is 88.6 Å². The number of fused-ring (bicyclic) bond motifs is 1. The Labute approximate surface area is 241 Å². The molecule has 1 aromatic heterocycles. The molecule has 2 aromatic carbocycles. The summed E-state index contributed by atoms with van der Waals surface area (Å²) in [4.78, 5) is 45.5. The van der Waals surface area contributed by atoms with Crippen molar-refractivity contribution < 1.29 is 19.1 Å². The number of halogens is 2. The fraction of sp³-hybridized carbons (Fsp3) is 0.310. The fourth-order valence-corrected chi connectivity index (χ4v) is 5.69. The lowest BCUT2D eigenvalue weighted by Crippen LogP contribution is -2.48. The summed E-state index contributed by atoms with van der Waals surface area (Å²) in [5.41, 5.74) is 2.16. The molecule has 0 aliphatic carbocycles. The smallest absolute Gasteiger partial charge is 0.328 e. The summed E-state index contributed by atoms with van der Waals surface area (Å²) in [6, 6.07) is 14.3. The average Bonchev–Trinajstić information content (AvgIpc) is 2.97. The molecule has 1 aliphatic rings. The normalized spacial score (nSPS) is 14.9. The summed E-state index contributed by atoms with van der Waals surface area (Å²) in [7, 11) is 1.30. The van der Waals surface area contributed by atoms with Crippen LogP contribution < -0.4 is 5.32 Å². The van der Waals surface area contributed by atoms with Crippen LogP contribution in [0.2, 0.25) is 10.0 Å². The predicted molar refractivity (Wildman–Crippen MR) is 156 cm³/mol. The molecule has 1 N–H and O–H groups in total. The Bertz CT molecular complexity index is 1410. The molecule has 4 rings (SSSR count). The first-order valence-corrected chi connectivity index (χ1v) is 14.5. The number of piperidine rings is 1.